The molecule has 3 heterocycles. The minimum absolute atomic E-state index is 0.0709. The fourth-order valence-corrected chi connectivity index (χ4v) is 3.09. The number of pyridine rings is 1. The summed E-state index contributed by atoms with van der Waals surface area (Å²) in [6.07, 6.45) is 4.13. The van der Waals surface area contributed by atoms with Crippen LogP contribution in [0.25, 0.3) is 5.65 Å². The first-order valence-corrected chi connectivity index (χ1v) is 7.21. The highest BCUT2D eigenvalue weighted by Gasteiger charge is 2.28. The minimum Gasteiger partial charge on any atom is -0.390 e. The summed E-state index contributed by atoms with van der Waals surface area (Å²) < 4.78 is 3.73. The maximum atomic E-state index is 9.59. The highest BCUT2D eigenvalue weighted by atomic mass is 32.2. The van der Waals surface area contributed by atoms with E-state index >= 15 is 0 Å². The second-order valence-electron chi connectivity index (χ2n) is 4.69. The number of hydrogen-bond acceptors (Lipinski definition) is 6. The Hall–Kier alpha value is -1.93. The Bertz CT molecular complexity index is 762. The Balaban J connectivity index is 1.76. The lowest BCUT2D eigenvalue weighted by Crippen LogP contribution is -1.99. The highest BCUT2D eigenvalue weighted by Crippen LogP contribution is 2.38. The third kappa shape index (κ3) is 1.88. The number of rotatable bonds is 4. The molecule has 3 aromatic rings. The van der Waals surface area contributed by atoms with Gasteiger partial charge in [0, 0.05) is 6.20 Å². The zero-order valence-electron chi connectivity index (χ0n) is 10.5. The van der Waals surface area contributed by atoms with Crippen LogP contribution in [0.3, 0.4) is 0 Å². The first kappa shape index (κ1) is 11.9. The summed E-state index contributed by atoms with van der Waals surface area (Å²) in [6, 6.07) is 6.16. The van der Waals surface area contributed by atoms with Crippen LogP contribution in [-0.2, 0) is 6.61 Å². The van der Waals surface area contributed by atoms with Gasteiger partial charge < -0.3 is 9.51 Å². The van der Waals surface area contributed by atoms with Crippen LogP contribution >= 0.6 is 11.8 Å². The lowest BCUT2D eigenvalue weighted by Gasteiger charge is -2.02. The molecule has 20 heavy (non-hydrogen) atoms. The van der Waals surface area contributed by atoms with Crippen molar-refractivity contribution in [2.45, 2.75) is 35.7 Å². The Morgan fingerprint density at radius 2 is 2.25 bits per heavy atom. The third-order valence-corrected chi connectivity index (χ3v) is 4.26. The summed E-state index contributed by atoms with van der Waals surface area (Å²) >= 11 is 1.40. The van der Waals surface area contributed by atoms with Gasteiger partial charge in [-0.2, -0.15) is 0 Å². The normalized spacial score (nSPS) is 15.1. The molecule has 0 amide bonds. The van der Waals surface area contributed by atoms with Crippen LogP contribution in [0, 0.1) is 0 Å². The molecule has 1 aliphatic carbocycles. The van der Waals surface area contributed by atoms with E-state index in [1.807, 2.05) is 33.5 Å². The summed E-state index contributed by atoms with van der Waals surface area (Å²) in [7, 11) is 0. The topological polar surface area (TPSA) is 81.1 Å². The molecular formula is C12H12N6OS. The Morgan fingerprint density at radius 1 is 1.35 bits per heavy atom. The average Bonchev–Trinajstić information content (AvgIpc) is 3.10. The summed E-state index contributed by atoms with van der Waals surface area (Å²) in [4.78, 5) is 4.54. The van der Waals surface area contributed by atoms with Crippen molar-refractivity contribution in [3.8, 4) is 0 Å². The maximum Gasteiger partial charge on any atom is 0.215 e. The Kier molecular flexibility index (Phi) is 2.71. The molecule has 3 aromatic heterocycles. The molecule has 0 bridgehead atoms. The van der Waals surface area contributed by atoms with E-state index in [2.05, 4.69) is 20.5 Å². The van der Waals surface area contributed by atoms with Crippen LogP contribution in [0.1, 0.15) is 24.6 Å². The van der Waals surface area contributed by atoms with Gasteiger partial charge in [0.25, 0.3) is 0 Å². The van der Waals surface area contributed by atoms with E-state index in [4.69, 9.17) is 0 Å². The lowest BCUT2D eigenvalue weighted by molar-refractivity contribution is 0.272. The van der Waals surface area contributed by atoms with Crippen LogP contribution < -0.4 is 0 Å². The standard InChI is InChI=1S/C12H12N6OS/c19-7-9-11(13-10-3-1-2-6-17(9)10)20-12-14-15-16-18(12)8-4-5-8/h1-3,6,8,19H,4-5,7H2. The van der Waals surface area contributed by atoms with E-state index in [1.54, 1.807) is 0 Å². The zero-order chi connectivity index (χ0) is 13.5. The van der Waals surface area contributed by atoms with Gasteiger partial charge in [0.15, 0.2) is 0 Å². The zero-order valence-corrected chi connectivity index (χ0v) is 11.4. The van der Waals surface area contributed by atoms with Gasteiger partial charge in [0.05, 0.1) is 18.3 Å². The van der Waals surface area contributed by atoms with Gasteiger partial charge in [-0.1, -0.05) is 6.07 Å². The van der Waals surface area contributed by atoms with Crippen molar-refractivity contribution in [3.63, 3.8) is 0 Å². The van der Waals surface area contributed by atoms with E-state index in [9.17, 15) is 5.11 Å². The van der Waals surface area contributed by atoms with Crippen LogP contribution in [0.4, 0.5) is 0 Å². The predicted octanol–water partition coefficient (Wildman–Crippen LogP) is 1.30. The van der Waals surface area contributed by atoms with Gasteiger partial charge in [-0.3, -0.25) is 0 Å². The monoisotopic (exact) mass is 288 g/mol. The summed E-state index contributed by atoms with van der Waals surface area (Å²) in [6.45, 7) is -0.0709. The van der Waals surface area contributed by atoms with E-state index < -0.39 is 0 Å². The molecule has 1 fully saturated rings. The number of hydrogen-bond donors (Lipinski definition) is 1. The molecule has 8 heteroatoms. The lowest BCUT2D eigenvalue weighted by atomic mass is 10.4. The number of aliphatic hydroxyl groups excluding tert-OH is 1. The van der Waals surface area contributed by atoms with Gasteiger partial charge in [0.1, 0.15) is 10.7 Å². The molecule has 4 rings (SSSR count). The largest absolute Gasteiger partial charge is 0.390 e. The molecule has 0 aliphatic heterocycles. The van der Waals surface area contributed by atoms with Crippen LogP contribution in [0.15, 0.2) is 34.6 Å². The molecule has 1 N–H and O–H groups in total. The quantitative estimate of drug-likeness (QED) is 0.779. The number of aromatic nitrogens is 6. The number of aliphatic hydroxyl groups is 1. The fraction of sp³-hybridized carbons (Fsp3) is 0.333. The van der Waals surface area contributed by atoms with Crippen LogP contribution in [0.5, 0.6) is 0 Å². The van der Waals surface area contributed by atoms with Gasteiger partial charge >= 0.3 is 0 Å². The van der Waals surface area contributed by atoms with E-state index in [-0.39, 0.29) is 6.61 Å². The smallest absolute Gasteiger partial charge is 0.215 e. The Morgan fingerprint density at radius 3 is 3.05 bits per heavy atom. The van der Waals surface area contributed by atoms with Gasteiger partial charge in [-0.15, -0.1) is 5.10 Å². The number of nitrogens with zero attached hydrogens (tertiary/aromatic N) is 6. The van der Waals surface area contributed by atoms with E-state index in [0.717, 1.165) is 34.4 Å². The summed E-state index contributed by atoms with van der Waals surface area (Å²) in [5, 5.41) is 22.9. The van der Waals surface area contributed by atoms with Crippen molar-refractivity contribution in [2.75, 3.05) is 0 Å². The number of imidazole rings is 1. The number of tetrazole rings is 1. The second-order valence-corrected chi connectivity index (χ2v) is 5.65. The molecule has 0 saturated heterocycles. The summed E-state index contributed by atoms with van der Waals surface area (Å²) in [5.41, 5.74) is 1.57. The maximum absolute atomic E-state index is 9.59. The third-order valence-electron chi connectivity index (χ3n) is 3.29. The van der Waals surface area contributed by atoms with Crippen molar-refractivity contribution >= 4 is 17.4 Å². The van der Waals surface area contributed by atoms with Gasteiger partial charge in [0.2, 0.25) is 5.16 Å². The molecule has 7 nitrogen and oxygen atoms in total. The average molecular weight is 288 g/mol. The molecule has 0 unspecified atom stereocenters. The van der Waals surface area contributed by atoms with Crippen LogP contribution in [0.2, 0.25) is 0 Å². The molecule has 0 atom stereocenters. The summed E-state index contributed by atoms with van der Waals surface area (Å²) in [5.74, 6) is 0. The van der Waals surface area contributed by atoms with Crippen molar-refractivity contribution in [3.05, 3.63) is 30.1 Å². The highest BCUT2D eigenvalue weighted by molar-refractivity contribution is 7.99. The van der Waals surface area contributed by atoms with Crippen molar-refractivity contribution < 1.29 is 5.11 Å². The Labute approximate surface area is 118 Å². The van der Waals surface area contributed by atoms with Crippen molar-refractivity contribution in [1.82, 2.24) is 29.6 Å². The molecule has 102 valence electrons. The molecule has 1 aliphatic rings. The van der Waals surface area contributed by atoms with Crippen molar-refractivity contribution in [1.29, 1.82) is 0 Å². The minimum atomic E-state index is -0.0709. The first-order chi connectivity index (χ1) is 9.86. The number of fused-ring (bicyclic) bond motifs is 1. The fourth-order valence-electron chi connectivity index (χ4n) is 2.14. The molecule has 1 saturated carbocycles. The van der Waals surface area contributed by atoms with Crippen molar-refractivity contribution in [2.24, 2.45) is 0 Å². The van der Waals surface area contributed by atoms with Crippen LogP contribution in [-0.4, -0.2) is 34.7 Å². The molecule has 0 aromatic carbocycles. The second kappa shape index (κ2) is 4.57. The SMILES string of the molecule is OCc1c(Sc2nnnn2C2CC2)nc2ccccn12. The van der Waals surface area contributed by atoms with E-state index in [1.165, 1.54) is 11.8 Å². The van der Waals surface area contributed by atoms with Gasteiger partial charge in [-0.05, 0) is 47.2 Å². The molecule has 0 radical (unpaired) electrons. The molecule has 0 spiro atoms. The molecular weight excluding hydrogens is 276 g/mol. The van der Waals surface area contributed by atoms with Gasteiger partial charge in [-0.25, -0.2) is 9.67 Å². The first-order valence-electron chi connectivity index (χ1n) is 6.39. The predicted molar refractivity (Wildman–Crippen MR) is 71.3 cm³/mol. The van der Waals surface area contributed by atoms with E-state index in [0.29, 0.717) is 6.04 Å².